The molecule has 1 aliphatic rings. The monoisotopic (exact) mass is 504 g/mol. The number of aliphatic imine (C=N–C) groups is 2. The lowest BCUT2D eigenvalue weighted by Gasteiger charge is -2.29. The second kappa shape index (κ2) is 12.6. The van der Waals surface area contributed by atoms with Crippen LogP contribution in [0.2, 0.25) is 0 Å². The first-order valence-corrected chi connectivity index (χ1v) is 15.0. The van der Waals surface area contributed by atoms with Gasteiger partial charge >= 0.3 is 0 Å². The van der Waals surface area contributed by atoms with Gasteiger partial charge in [0.2, 0.25) is 0 Å². The average molecular weight is 505 g/mol. The van der Waals surface area contributed by atoms with Crippen molar-refractivity contribution in [3.05, 3.63) is 58.7 Å². The van der Waals surface area contributed by atoms with E-state index in [9.17, 15) is 0 Å². The fraction of sp³-hybridized carbons (Fsp3) is 0.576. The first kappa shape index (κ1) is 28.7. The maximum absolute atomic E-state index is 5.33. The van der Waals surface area contributed by atoms with E-state index in [0.29, 0.717) is 34.2 Å². The fourth-order valence-corrected chi connectivity index (χ4v) is 6.72. The summed E-state index contributed by atoms with van der Waals surface area (Å²) in [5, 5.41) is 0.887. The zero-order valence-corrected chi connectivity index (χ0v) is 25.2. The molecule has 2 atom stereocenters. The van der Waals surface area contributed by atoms with E-state index in [1.54, 1.807) is 0 Å². The van der Waals surface area contributed by atoms with Gasteiger partial charge in [-0.3, -0.25) is 9.98 Å². The first-order chi connectivity index (χ1) is 17.0. The molecular formula is C33H48N2S. The Morgan fingerprint density at radius 3 is 1.19 bits per heavy atom. The number of para-hydroxylation sites is 2. The summed E-state index contributed by atoms with van der Waals surface area (Å²) >= 11 is 2.08. The fourth-order valence-electron chi connectivity index (χ4n) is 5.22. The molecule has 36 heavy (non-hydrogen) atoms. The highest BCUT2D eigenvalue weighted by Crippen LogP contribution is 2.40. The lowest BCUT2D eigenvalue weighted by molar-refractivity contribution is 0.701. The Kier molecular flexibility index (Phi) is 10.0. The van der Waals surface area contributed by atoms with Crippen LogP contribution in [0.15, 0.2) is 46.4 Å². The normalized spacial score (nSPS) is 19.7. The molecule has 0 amide bonds. The number of thioether (sulfide) groups is 1. The van der Waals surface area contributed by atoms with E-state index >= 15 is 0 Å². The van der Waals surface area contributed by atoms with Crippen LogP contribution in [-0.2, 0) is 0 Å². The largest absolute Gasteiger partial charge is 0.256 e. The van der Waals surface area contributed by atoms with Gasteiger partial charge in [-0.25, -0.2) is 0 Å². The van der Waals surface area contributed by atoms with E-state index in [4.69, 9.17) is 9.98 Å². The van der Waals surface area contributed by atoms with Crippen LogP contribution < -0.4 is 0 Å². The number of rotatable bonds is 8. The molecule has 1 saturated heterocycles. The minimum absolute atomic E-state index is 0.444. The average Bonchev–Trinajstić information content (AvgIpc) is 2.83. The first-order valence-electron chi connectivity index (χ1n) is 14.0. The molecular weight excluding hydrogens is 456 g/mol. The second-order valence-electron chi connectivity index (χ2n) is 11.7. The molecule has 3 rings (SSSR count). The zero-order chi connectivity index (χ0) is 26.6. The van der Waals surface area contributed by atoms with Crippen molar-refractivity contribution in [1.82, 2.24) is 0 Å². The molecule has 2 nitrogen and oxygen atoms in total. The summed E-state index contributed by atoms with van der Waals surface area (Å²) in [6.45, 7) is 22.7. The van der Waals surface area contributed by atoms with E-state index in [1.165, 1.54) is 64.3 Å². The topological polar surface area (TPSA) is 24.7 Å². The quantitative estimate of drug-likeness (QED) is 0.328. The van der Waals surface area contributed by atoms with E-state index in [0.717, 1.165) is 0 Å². The molecule has 0 N–H and O–H groups in total. The molecule has 2 aromatic rings. The maximum Gasteiger partial charge on any atom is 0.0698 e. The Bertz CT molecular complexity index is 953. The van der Waals surface area contributed by atoms with Crippen LogP contribution in [0.4, 0.5) is 11.4 Å². The van der Waals surface area contributed by atoms with Crippen LogP contribution in [0.25, 0.3) is 0 Å². The lowest BCUT2D eigenvalue weighted by atomic mass is 9.92. The minimum Gasteiger partial charge on any atom is -0.256 e. The second-order valence-corrected chi connectivity index (χ2v) is 13.1. The third kappa shape index (κ3) is 6.71. The maximum atomic E-state index is 5.33. The molecule has 0 aromatic heterocycles. The van der Waals surface area contributed by atoms with Crippen molar-refractivity contribution >= 4 is 34.6 Å². The number of hydrogen-bond acceptors (Lipinski definition) is 3. The Hall–Kier alpha value is -1.87. The molecule has 3 heteroatoms. The van der Waals surface area contributed by atoms with Gasteiger partial charge in [0.25, 0.3) is 0 Å². The standard InChI is InChI=1S/C33H48N2S/c1-20(2)26-14-11-15-27(21(3)4)32(26)34-24(9)30-18-13-19-31(36-30)25(10)35-33-28(22(5)6)16-12-17-29(33)23(7)8/h11-12,14-17,20-23,30-31H,13,18-19H2,1-10H3/b34-24+,35-25+. The van der Waals surface area contributed by atoms with Crippen LogP contribution in [0.5, 0.6) is 0 Å². The zero-order valence-electron chi connectivity index (χ0n) is 24.4. The van der Waals surface area contributed by atoms with E-state index in [-0.39, 0.29) is 0 Å². The number of benzene rings is 2. The summed E-state index contributed by atoms with van der Waals surface area (Å²) in [5.41, 5.74) is 10.4. The van der Waals surface area contributed by atoms with Crippen LogP contribution in [0, 0.1) is 0 Å². The van der Waals surface area contributed by atoms with Gasteiger partial charge in [-0.2, -0.15) is 0 Å². The summed E-state index contributed by atoms with van der Waals surface area (Å²) < 4.78 is 0. The third-order valence-corrected chi connectivity index (χ3v) is 9.27. The summed E-state index contributed by atoms with van der Waals surface area (Å²) in [7, 11) is 0. The van der Waals surface area contributed by atoms with Crippen molar-refractivity contribution < 1.29 is 0 Å². The highest BCUT2D eigenvalue weighted by atomic mass is 32.2. The van der Waals surface area contributed by atoms with Crippen molar-refractivity contribution in [1.29, 1.82) is 0 Å². The molecule has 2 unspecified atom stereocenters. The molecule has 0 bridgehead atoms. The van der Waals surface area contributed by atoms with Crippen LogP contribution in [0.1, 0.15) is 134 Å². The predicted molar refractivity (Wildman–Crippen MR) is 164 cm³/mol. The summed E-state index contributed by atoms with van der Waals surface area (Å²) in [4.78, 5) is 10.7. The van der Waals surface area contributed by atoms with Gasteiger partial charge in [0.1, 0.15) is 0 Å². The molecule has 1 heterocycles. The lowest BCUT2D eigenvalue weighted by Crippen LogP contribution is -2.27. The van der Waals surface area contributed by atoms with Crippen molar-refractivity contribution in [3.63, 3.8) is 0 Å². The summed E-state index contributed by atoms with van der Waals surface area (Å²) in [6.07, 6.45) is 3.63. The van der Waals surface area contributed by atoms with E-state index in [2.05, 4.69) is 117 Å². The molecule has 0 saturated carbocycles. The van der Waals surface area contributed by atoms with Gasteiger partial charge in [-0.1, -0.05) is 98.2 Å². The predicted octanol–water partition coefficient (Wildman–Crippen LogP) is 10.7. The summed E-state index contributed by atoms with van der Waals surface area (Å²) in [6, 6.07) is 13.4. The van der Waals surface area contributed by atoms with Crippen LogP contribution >= 0.6 is 11.8 Å². The Balaban J connectivity index is 1.92. The van der Waals surface area contributed by atoms with Gasteiger partial charge in [-0.05, 0) is 72.6 Å². The van der Waals surface area contributed by atoms with Gasteiger partial charge < -0.3 is 0 Å². The number of nitrogens with zero attached hydrogens (tertiary/aromatic N) is 2. The van der Waals surface area contributed by atoms with Crippen LogP contribution in [0.3, 0.4) is 0 Å². The van der Waals surface area contributed by atoms with Gasteiger partial charge in [0.05, 0.1) is 11.4 Å². The van der Waals surface area contributed by atoms with Gasteiger partial charge in [-0.15, -0.1) is 11.8 Å². The highest BCUT2D eigenvalue weighted by molar-refractivity contribution is 8.02. The molecule has 0 spiro atoms. The minimum atomic E-state index is 0.444. The molecule has 196 valence electrons. The van der Waals surface area contributed by atoms with E-state index < -0.39 is 0 Å². The van der Waals surface area contributed by atoms with Crippen molar-refractivity contribution in [2.75, 3.05) is 0 Å². The van der Waals surface area contributed by atoms with Gasteiger partial charge in [0, 0.05) is 21.9 Å². The van der Waals surface area contributed by atoms with Crippen LogP contribution in [-0.4, -0.2) is 21.9 Å². The molecule has 0 radical (unpaired) electrons. The highest BCUT2D eigenvalue weighted by Gasteiger charge is 2.27. The number of hydrogen-bond donors (Lipinski definition) is 0. The molecule has 1 aliphatic heterocycles. The SMILES string of the molecule is C/C(=N\c1c(C(C)C)cccc1C(C)C)C1CCCC(/C(C)=N/c2c(C(C)C)cccc2C(C)C)S1. The van der Waals surface area contributed by atoms with Crippen molar-refractivity contribution in [2.45, 2.75) is 123 Å². The van der Waals surface area contributed by atoms with Crippen molar-refractivity contribution in [2.24, 2.45) is 9.98 Å². The molecule has 0 aliphatic carbocycles. The van der Waals surface area contributed by atoms with Crippen molar-refractivity contribution in [3.8, 4) is 0 Å². The van der Waals surface area contributed by atoms with Gasteiger partial charge in [0.15, 0.2) is 0 Å². The van der Waals surface area contributed by atoms with E-state index in [1.807, 2.05) is 0 Å². The summed E-state index contributed by atoms with van der Waals surface area (Å²) in [5.74, 6) is 1.86. The molecule has 1 fully saturated rings. The Labute approximate surface area is 225 Å². The smallest absolute Gasteiger partial charge is 0.0698 e. The Morgan fingerprint density at radius 1 is 0.611 bits per heavy atom. The third-order valence-electron chi connectivity index (χ3n) is 7.45. The molecule has 2 aromatic carbocycles. The Morgan fingerprint density at radius 2 is 0.917 bits per heavy atom.